The summed E-state index contributed by atoms with van der Waals surface area (Å²) >= 11 is 1.45. The van der Waals surface area contributed by atoms with E-state index in [2.05, 4.69) is 20.5 Å². The van der Waals surface area contributed by atoms with Gasteiger partial charge in [0.1, 0.15) is 0 Å². The number of H-pyrrole nitrogens is 1. The summed E-state index contributed by atoms with van der Waals surface area (Å²) < 4.78 is 26.4. The van der Waals surface area contributed by atoms with Gasteiger partial charge in [0, 0.05) is 30.6 Å². The molecule has 2 aromatic rings. The minimum Gasteiger partial charge on any atom is -0.316 e. The zero-order valence-electron chi connectivity index (χ0n) is 11.5. The molecular weight excluding hydrogens is 298 g/mol. The highest BCUT2D eigenvalue weighted by atomic mass is 32.2. The smallest absolute Gasteiger partial charge is 0.260 e. The largest absolute Gasteiger partial charge is 0.316 e. The summed E-state index contributed by atoms with van der Waals surface area (Å²) in [5.74, 6) is 0. The van der Waals surface area contributed by atoms with Gasteiger partial charge in [-0.3, -0.25) is 5.10 Å². The molecule has 0 aliphatic heterocycles. The van der Waals surface area contributed by atoms with Gasteiger partial charge in [-0.15, -0.1) is 11.3 Å². The average molecular weight is 315 g/mol. The van der Waals surface area contributed by atoms with Crippen molar-refractivity contribution in [3.8, 4) is 0 Å². The van der Waals surface area contributed by atoms with Crippen LogP contribution in [0.4, 0.5) is 0 Å². The van der Waals surface area contributed by atoms with Crippen LogP contribution in [0, 0.1) is 6.92 Å². The molecule has 110 valence electrons. The van der Waals surface area contributed by atoms with Crippen molar-refractivity contribution in [1.29, 1.82) is 0 Å². The predicted octanol–water partition coefficient (Wildman–Crippen LogP) is 0.715. The molecule has 2 N–H and O–H groups in total. The van der Waals surface area contributed by atoms with E-state index < -0.39 is 10.0 Å². The van der Waals surface area contributed by atoms with Crippen molar-refractivity contribution in [3.05, 3.63) is 27.8 Å². The van der Waals surface area contributed by atoms with E-state index in [4.69, 9.17) is 0 Å². The van der Waals surface area contributed by atoms with Crippen molar-refractivity contribution in [2.75, 3.05) is 14.1 Å². The number of aromatic amines is 1. The van der Waals surface area contributed by atoms with E-state index in [9.17, 15) is 8.42 Å². The van der Waals surface area contributed by atoms with E-state index in [0.717, 1.165) is 10.6 Å². The second-order valence-corrected chi connectivity index (χ2v) is 7.30. The fraction of sp³-hybridized carbons (Fsp3) is 0.455. The highest BCUT2D eigenvalue weighted by molar-refractivity contribution is 7.89. The first kappa shape index (κ1) is 15.1. The lowest BCUT2D eigenvalue weighted by molar-refractivity contribution is 0.464. The fourth-order valence-electron chi connectivity index (χ4n) is 1.76. The zero-order chi connectivity index (χ0) is 14.8. The number of aromatic nitrogens is 3. The highest BCUT2D eigenvalue weighted by Crippen LogP contribution is 2.21. The van der Waals surface area contributed by atoms with Gasteiger partial charge in [0.05, 0.1) is 17.4 Å². The Labute approximate surface area is 122 Å². The van der Waals surface area contributed by atoms with Crippen LogP contribution in [0.3, 0.4) is 0 Å². The van der Waals surface area contributed by atoms with Crippen LogP contribution in [0.25, 0.3) is 0 Å². The van der Waals surface area contributed by atoms with Crippen molar-refractivity contribution >= 4 is 21.4 Å². The van der Waals surface area contributed by atoms with Crippen LogP contribution in [0.2, 0.25) is 0 Å². The van der Waals surface area contributed by atoms with Crippen molar-refractivity contribution in [3.63, 3.8) is 0 Å². The molecule has 0 aliphatic carbocycles. The molecule has 0 unspecified atom stereocenters. The van der Waals surface area contributed by atoms with Crippen molar-refractivity contribution in [2.45, 2.75) is 25.0 Å². The van der Waals surface area contributed by atoms with Crippen LogP contribution >= 0.6 is 11.3 Å². The number of rotatable bonds is 6. The highest BCUT2D eigenvalue weighted by Gasteiger charge is 2.26. The maximum Gasteiger partial charge on any atom is 0.260 e. The van der Waals surface area contributed by atoms with E-state index in [-0.39, 0.29) is 5.03 Å². The Hall–Kier alpha value is -1.29. The molecule has 2 rings (SSSR count). The molecule has 0 spiro atoms. The molecule has 20 heavy (non-hydrogen) atoms. The van der Waals surface area contributed by atoms with Crippen LogP contribution in [0.5, 0.6) is 0 Å². The minimum atomic E-state index is -3.59. The van der Waals surface area contributed by atoms with Gasteiger partial charge < -0.3 is 5.32 Å². The topological polar surface area (TPSA) is 91.0 Å². The van der Waals surface area contributed by atoms with Gasteiger partial charge >= 0.3 is 0 Å². The lowest BCUT2D eigenvalue weighted by atomic mass is 10.4. The standard InChI is InChI=1S/C11H17N5O2S2/c1-8-10(19-7-13-8)6-16(3)20(17,18)11-9(4-12-2)5-14-15-11/h5,7,12H,4,6H2,1-3H3,(H,14,15). The number of hydrogen-bond donors (Lipinski definition) is 2. The third-order valence-electron chi connectivity index (χ3n) is 2.92. The number of aryl methyl sites for hydroxylation is 1. The molecule has 0 radical (unpaired) electrons. The fourth-order valence-corrected chi connectivity index (χ4v) is 3.91. The third kappa shape index (κ3) is 2.90. The predicted molar refractivity (Wildman–Crippen MR) is 76.9 cm³/mol. The lowest BCUT2D eigenvalue weighted by Gasteiger charge is -2.16. The van der Waals surface area contributed by atoms with E-state index in [1.54, 1.807) is 19.6 Å². The van der Waals surface area contributed by atoms with Gasteiger partial charge in [-0.05, 0) is 14.0 Å². The Morgan fingerprint density at radius 3 is 2.85 bits per heavy atom. The summed E-state index contributed by atoms with van der Waals surface area (Å²) in [6, 6.07) is 0. The summed E-state index contributed by atoms with van der Waals surface area (Å²) in [5.41, 5.74) is 3.20. The van der Waals surface area contributed by atoms with E-state index >= 15 is 0 Å². The Bertz CT molecular complexity index is 677. The minimum absolute atomic E-state index is 0.136. The molecule has 0 saturated carbocycles. The van der Waals surface area contributed by atoms with Gasteiger partial charge in [0.2, 0.25) is 0 Å². The van der Waals surface area contributed by atoms with Gasteiger partial charge in [-0.2, -0.15) is 9.40 Å². The van der Waals surface area contributed by atoms with Crippen molar-refractivity contribution in [1.82, 2.24) is 24.8 Å². The average Bonchev–Trinajstić information content (AvgIpc) is 3.00. The normalized spacial score (nSPS) is 12.2. The molecule has 0 aromatic carbocycles. The molecule has 0 amide bonds. The summed E-state index contributed by atoms with van der Waals surface area (Å²) in [4.78, 5) is 5.06. The van der Waals surface area contributed by atoms with E-state index in [1.807, 2.05) is 6.92 Å². The molecule has 0 fully saturated rings. The number of hydrogen-bond acceptors (Lipinski definition) is 6. The maximum atomic E-state index is 12.5. The molecule has 0 saturated heterocycles. The summed E-state index contributed by atoms with van der Waals surface area (Å²) in [6.45, 7) is 2.62. The molecule has 0 atom stereocenters. The zero-order valence-corrected chi connectivity index (χ0v) is 13.2. The quantitative estimate of drug-likeness (QED) is 0.819. The number of nitrogens with one attached hydrogen (secondary N) is 2. The van der Waals surface area contributed by atoms with Crippen LogP contribution < -0.4 is 5.32 Å². The molecule has 2 heterocycles. The van der Waals surface area contributed by atoms with Crippen molar-refractivity contribution < 1.29 is 8.42 Å². The summed E-state index contributed by atoms with van der Waals surface area (Å²) in [6.07, 6.45) is 1.52. The second kappa shape index (κ2) is 6.00. The first-order valence-corrected chi connectivity index (χ1v) is 8.31. The first-order chi connectivity index (χ1) is 9.46. The van der Waals surface area contributed by atoms with Gasteiger partial charge in [-0.1, -0.05) is 0 Å². The number of sulfonamides is 1. The van der Waals surface area contributed by atoms with Crippen LogP contribution in [0.15, 0.2) is 16.7 Å². The Balaban J connectivity index is 2.25. The summed E-state index contributed by atoms with van der Waals surface area (Å²) in [7, 11) is -0.275. The van der Waals surface area contributed by atoms with E-state index in [0.29, 0.717) is 18.7 Å². The second-order valence-electron chi connectivity index (χ2n) is 4.38. The molecule has 7 nitrogen and oxygen atoms in total. The molecule has 2 aromatic heterocycles. The van der Waals surface area contributed by atoms with Crippen LogP contribution in [-0.2, 0) is 23.1 Å². The van der Waals surface area contributed by atoms with Gasteiger partial charge in [0.25, 0.3) is 10.0 Å². The maximum absolute atomic E-state index is 12.5. The Kier molecular flexibility index (Phi) is 4.53. The first-order valence-electron chi connectivity index (χ1n) is 5.99. The van der Waals surface area contributed by atoms with Crippen LogP contribution in [-0.4, -0.2) is 42.0 Å². The molecule has 9 heteroatoms. The monoisotopic (exact) mass is 315 g/mol. The lowest BCUT2D eigenvalue weighted by Crippen LogP contribution is -2.28. The van der Waals surface area contributed by atoms with E-state index in [1.165, 1.54) is 21.8 Å². The Morgan fingerprint density at radius 1 is 1.50 bits per heavy atom. The van der Waals surface area contributed by atoms with Gasteiger partial charge in [0.15, 0.2) is 5.03 Å². The van der Waals surface area contributed by atoms with Gasteiger partial charge in [-0.25, -0.2) is 13.4 Å². The van der Waals surface area contributed by atoms with Crippen molar-refractivity contribution in [2.24, 2.45) is 0 Å². The van der Waals surface area contributed by atoms with Crippen LogP contribution in [0.1, 0.15) is 16.1 Å². The number of nitrogens with zero attached hydrogens (tertiary/aromatic N) is 3. The SMILES string of the molecule is CNCc1cn[nH]c1S(=O)(=O)N(C)Cc1scnc1C. The molecule has 0 aliphatic rings. The number of thiazole rings is 1. The molecule has 0 bridgehead atoms. The molecular formula is C11H17N5O2S2. The third-order valence-corrected chi connectivity index (χ3v) is 5.66. The Morgan fingerprint density at radius 2 is 2.25 bits per heavy atom. The summed E-state index contributed by atoms with van der Waals surface area (Å²) in [5, 5.41) is 9.46.